The molecule has 0 aliphatic carbocycles. The van der Waals surface area contributed by atoms with Gasteiger partial charge in [-0.1, -0.05) is 13.8 Å². The van der Waals surface area contributed by atoms with Crippen molar-refractivity contribution in [2.45, 2.75) is 39.2 Å². The van der Waals surface area contributed by atoms with Crippen molar-refractivity contribution >= 4 is 46.7 Å². The van der Waals surface area contributed by atoms with E-state index >= 15 is 0 Å². The predicted molar refractivity (Wildman–Crippen MR) is 126 cm³/mol. The van der Waals surface area contributed by atoms with E-state index in [4.69, 9.17) is 0 Å². The average Bonchev–Trinajstić information content (AvgIpc) is 3.09. The summed E-state index contributed by atoms with van der Waals surface area (Å²) in [7, 11) is 1.76. The van der Waals surface area contributed by atoms with E-state index in [0.717, 1.165) is 54.8 Å². The molecule has 0 bridgehead atoms. The van der Waals surface area contributed by atoms with Crippen LogP contribution >= 0.6 is 24.0 Å². The Kier molecular flexibility index (Phi) is 8.73. The number of aliphatic imine (C=N–C) groups is 1. The standard InChI is InChI=1S/C21H30FN5O.HI/c1-14(2)20(28)27-10-7-17(8-11-27)26-21(23-3)24-9-6-15-13-25-19-5-4-16(22)12-18(15)19;/h4-5,12-14,17,25H,6-11H2,1-3H3,(H2,23,24,26);1H. The SMILES string of the molecule is CN=C(NCCc1c[nH]c2ccc(F)cc12)NC1CCN(C(=O)C(C)C)CC1.I. The lowest BCUT2D eigenvalue weighted by Crippen LogP contribution is -2.50. The second-order valence-electron chi connectivity index (χ2n) is 7.65. The Labute approximate surface area is 188 Å². The molecule has 2 aromatic rings. The Hall–Kier alpha value is -1.84. The molecule has 8 heteroatoms. The predicted octanol–water partition coefficient (Wildman–Crippen LogP) is 3.28. The van der Waals surface area contributed by atoms with Crippen molar-refractivity contribution in [3.05, 3.63) is 35.8 Å². The quantitative estimate of drug-likeness (QED) is 0.325. The third-order valence-electron chi connectivity index (χ3n) is 5.28. The van der Waals surface area contributed by atoms with Crippen LogP contribution in [0.3, 0.4) is 0 Å². The monoisotopic (exact) mass is 515 g/mol. The molecule has 0 unspecified atom stereocenters. The maximum atomic E-state index is 13.5. The van der Waals surface area contributed by atoms with Gasteiger partial charge in [-0.15, -0.1) is 24.0 Å². The van der Waals surface area contributed by atoms with Gasteiger partial charge in [-0.25, -0.2) is 4.39 Å². The van der Waals surface area contributed by atoms with Gasteiger partial charge in [0.1, 0.15) is 5.82 Å². The van der Waals surface area contributed by atoms with Gasteiger partial charge in [-0.3, -0.25) is 9.79 Å². The zero-order valence-corrected chi connectivity index (χ0v) is 19.6. The molecule has 1 saturated heterocycles. The van der Waals surface area contributed by atoms with E-state index in [0.29, 0.717) is 12.6 Å². The van der Waals surface area contributed by atoms with E-state index in [1.807, 2.05) is 24.9 Å². The molecule has 0 atom stereocenters. The van der Waals surface area contributed by atoms with Crippen LogP contribution < -0.4 is 10.6 Å². The molecule has 0 spiro atoms. The van der Waals surface area contributed by atoms with Gasteiger partial charge < -0.3 is 20.5 Å². The van der Waals surface area contributed by atoms with Crippen LogP contribution in [-0.2, 0) is 11.2 Å². The highest BCUT2D eigenvalue weighted by Gasteiger charge is 2.24. The van der Waals surface area contributed by atoms with Crippen molar-refractivity contribution in [1.29, 1.82) is 0 Å². The lowest BCUT2D eigenvalue weighted by Gasteiger charge is -2.34. The van der Waals surface area contributed by atoms with E-state index in [2.05, 4.69) is 20.6 Å². The van der Waals surface area contributed by atoms with Gasteiger partial charge in [-0.05, 0) is 43.0 Å². The van der Waals surface area contributed by atoms with Gasteiger partial charge in [0.25, 0.3) is 0 Å². The first-order valence-corrected chi connectivity index (χ1v) is 9.99. The number of carbonyl (C=O) groups excluding carboxylic acids is 1. The molecule has 1 aliphatic heterocycles. The minimum atomic E-state index is -0.221. The fraction of sp³-hybridized carbons (Fsp3) is 0.524. The summed E-state index contributed by atoms with van der Waals surface area (Å²) in [4.78, 5) is 21.5. The summed E-state index contributed by atoms with van der Waals surface area (Å²) < 4.78 is 13.5. The normalized spacial score (nSPS) is 15.5. The van der Waals surface area contributed by atoms with Crippen molar-refractivity contribution < 1.29 is 9.18 Å². The number of nitrogens with zero attached hydrogens (tertiary/aromatic N) is 2. The van der Waals surface area contributed by atoms with Gasteiger partial charge in [0.2, 0.25) is 5.91 Å². The van der Waals surface area contributed by atoms with Crippen molar-refractivity contribution in [1.82, 2.24) is 20.5 Å². The molecule has 1 fully saturated rings. The fourth-order valence-corrected chi connectivity index (χ4v) is 3.67. The number of H-pyrrole nitrogens is 1. The summed E-state index contributed by atoms with van der Waals surface area (Å²) in [6.45, 7) is 6.16. The lowest BCUT2D eigenvalue weighted by atomic mass is 10.0. The number of guanidine groups is 1. The molecule has 6 nitrogen and oxygen atoms in total. The number of hydrogen-bond acceptors (Lipinski definition) is 2. The number of rotatable bonds is 5. The van der Waals surface area contributed by atoms with Crippen LogP contribution in [0.15, 0.2) is 29.4 Å². The van der Waals surface area contributed by atoms with Gasteiger partial charge in [-0.2, -0.15) is 0 Å². The Morgan fingerprint density at radius 2 is 2.07 bits per heavy atom. The Morgan fingerprint density at radius 1 is 1.34 bits per heavy atom. The minimum Gasteiger partial charge on any atom is -0.361 e. The molecule has 1 aromatic carbocycles. The summed E-state index contributed by atoms with van der Waals surface area (Å²) in [6.07, 6.45) is 4.54. The number of likely N-dealkylation sites (tertiary alicyclic amines) is 1. The number of aromatic amines is 1. The molecule has 1 aliphatic rings. The number of aromatic nitrogens is 1. The van der Waals surface area contributed by atoms with Crippen molar-refractivity contribution in [3.8, 4) is 0 Å². The van der Waals surface area contributed by atoms with Crippen molar-refractivity contribution in [2.75, 3.05) is 26.7 Å². The highest BCUT2D eigenvalue weighted by Crippen LogP contribution is 2.19. The Balaban J connectivity index is 0.00000300. The first-order chi connectivity index (χ1) is 13.5. The van der Waals surface area contributed by atoms with Gasteiger partial charge >= 0.3 is 0 Å². The molecule has 3 N–H and O–H groups in total. The third-order valence-corrected chi connectivity index (χ3v) is 5.28. The fourth-order valence-electron chi connectivity index (χ4n) is 3.67. The number of piperidine rings is 1. The van der Waals surface area contributed by atoms with Crippen LogP contribution in [0.1, 0.15) is 32.3 Å². The highest BCUT2D eigenvalue weighted by atomic mass is 127. The average molecular weight is 515 g/mol. The molecule has 160 valence electrons. The first-order valence-electron chi connectivity index (χ1n) is 9.99. The van der Waals surface area contributed by atoms with Gasteiger partial charge in [0.05, 0.1) is 0 Å². The number of fused-ring (bicyclic) bond motifs is 1. The Morgan fingerprint density at radius 3 is 2.72 bits per heavy atom. The van der Waals surface area contributed by atoms with Gasteiger partial charge in [0, 0.05) is 55.7 Å². The van der Waals surface area contributed by atoms with Crippen LogP contribution in [0, 0.1) is 11.7 Å². The number of halogens is 2. The van der Waals surface area contributed by atoms with Crippen molar-refractivity contribution in [3.63, 3.8) is 0 Å². The van der Waals surface area contributed by atoms with Crippen LogP contribution in [0.2, 0.25) is 0 Å². The second kappa shape index (κ2) is 10.8. The summed E-state index contributed by atoms with van der Waals surface area (Å²) >= 11 is 0. The largest absolute Gasteiger partial charge is 0.361 e. The number of nitrogens with one attached hydrogen (secondary N) is 3. The van der Waals surface area contributed by atoms with Crippen LogP contribution in [0.25, 0.3) is 10.9 Å². The second-order valence-corrected chi connectivity index (χ2v) is 7.65. The van der Waals surface area contributed by atoms with E-state index < -0.39 is 0 Å². The zero-order valence-electron chi connectivity index (χ0n) is 17.3. The number of benzene rings is 1. The molecule has 1 amide bonds. The molecular formula is C21H31FIN5O. The molecule has 1 aromatic heterocycles. The topological polar surface area (TPSA) is 72.5 Å². The van der Waals surface area contributed by atoms with E-state index in [-0.39, 0.29) is 41.6 Å². The van der Waals surface area contributed by atoms with Gasteiger partial charge in [0.15, 0.2) is 5.96 Å². The molecule has 0 saturated carbocycles. The minimum absolute atomic E-state index is 0. The maximum Gasteiger partial charge on any atom is 0.225 e. The number of hydrogen-bond donors (Lipinski definition) is 3. The summed E-state index contributed by atoms with van der Waals surface area (Å²) in [6, 6.07) is 5.11. The first kappa shape index (κ1) is 23.4. The maximum absolute atomic E-state index is 13.5. The van der Waals surface area contributed by atoms with E-state index in [1.54, 1.807) is 19.2 Å². The summed E-state index contributed by atoms with van der Waals surface area (Å²) in [5.41, 5.74) is 2.03. The van der Waals surface area contributed by atoms with Crippen molar-refractivity contribution in [2.24, 2.45) is 10.9 Å². The summed E-state index contributed by atoms with van der Waals surface area (Å²) in [5.74, 6) is 0.828. The third kappa shape index (κ3) is 6.07. The molecule has 0 radical (unpaired) electrons. The Bertz CT molecular complexity index is 843. The highest BCUT2D eigenvalue weighted by molar-refractivity contribution is 14.0. The molecule has 3 rings (SSSR count). The smallest absolute Gasteiger partial charge is 0.225 e. The van der Waals surface area contributed by atoms with Crippen LogP contribution in [-0.4, -0.2) is 54.5 Å². The number of carbonyl (C=O) groups is 1. The number of amides is 1. The van der Waals surface area contributed by atoms with Crippen LogP contribution in [0.4, 0.5) is 4.39 Å². The molecule has 2 heterocycles. The van der Waals surface area contributed by atoms with Crippen LogP contribution in [0.5, 0.6) is 0 Å². The molecule has 29 heavy (non-hydrogen) atoms. The van der Waals surface area contributed by atoms with E-state index in [1.165, 1.54) is 6.07 Å². The lowest BCUT2D eigenvalue weighted by molar-refractivity contribution is -0.135. The summed E-state index contributed by atoms with van der Waals surface area (Å²) in [5, 5.41) is 7.71. The molecular weight excluding hydrogens is 484 g/mol. The zero-order chi connectivity index (χ0) is 20.1. The van der Waals surface area contributed by atoms with E-state index in [9.17, 15) is 9.18 Å².